The highest BCUT2D eigenvalue weighted by molar-refractivity contribution is 7.09. The molecule has 140 valence electrons. The van der Waals surface area contributed by atoms with Crippen molar-refractivity contribution in [2.24, 2.45) is 0 Å². The van der Waals surface area contributed by atoms with E-state index < -0.39 is 5.97 Å². The average molecular weight is 385 g/mol. The molecule has 0 aliphatic rings. The summed E-state index contributed by atoms with van der Waals surface area (Å²) in [6.07, 6.45) is 2.35. The molecule has 2 heterocycles. The number of phenols is 1. The molecule has 0 bridgehead atoms. The van der Waals surface area contributed by atoms with Gasteiger partial charge in [0.15, 0.2) is 12.2 Å². The second-order valence-electron chi connectivity index (χ2n) is 6.09. The Bertz CT molecular complexity index is 971. The number of hydrogen-bond acceptors (Lipinski definition) is 7. The van der Waals surface area contributed by atoms with E-state index in [1.165, 1.54) is 12.1 Å². The van der Waals surface area contributed by atoms with Crippen LogP contribution in [0.1, 0.15) is 32.3 Å². The Morgan fingerprint density at radius 2 is 2.11 bits per heavy atom. The van der Waals surface area contributed by atoms with Crippen molar-refractivity contribution in [2.45, 2.75) is 26.8 Å². The highest BCUT2D eigenvalue weighted by atomic mass is 32.1. The highest BCUT2D eigenvalue weighted by Gasteiger charge is 2.18. The van der Waals surface area contributed by atoms with Crippen LogP contribution in [0.15, 0.2) is 36.0 Å². The zero-order valence-corrected chi connectivity index (χ0v) is 16.0. The minimum atomic E-state index is -0.528. The number of benzene rings is 1. The smallest absolute Gasteiger partial charge is 0.341 e. The summed E-state index contributed by atoms with van der Waals surface area (Å²) in [5.41, 5.74) is 10.1. The lowest BCUT2D eigenvalue weighted by Crippen LogP contribution is -2.35. The largest absolute Gasteiger partial charge is 0.507 e. The van der Waals surface area contributed by atoms with Gasteiger partial charge in [-0.25, -0.2) is 14.8 Å². The maximum absolute atomic E-state index is 12.0. The van der Waals surface area contributed by atoms with Crippen molar-refractivity contribution in [1.82, 2.24) is 9.97 Å². The van der Waals surface area contributed by atoms with Gasteiger partial charge in [-0.05, 0) is 19.1 Å². The molecule has 0 saturated heterocycles. The van der Waals surface area contributed by atoms with Crippen LogP contribution >= 0.6 is 11.3 Å². The minimum Gasteiger partial charge on any atom is -0.507 e. The van der Waals surface area contributed by atoms with E-state index in [0.29, 0.717) is 24.6 Å². The molecule has 0 radical (unpaired) electrons. The Labute approximate surface area is 161 Å². The number of esters is 1. The summed E-state index contributed by atoms with van der Waals surface area (Å²) in [5.74, 6) is 0.527. The molecular weight excluding hydrogens is 364 g/mol. The summed E-state index contributed by atoms with van der Waals surface area (Å²) in [6, 6.07) is 6.34. The lowest BCUT2D eigenvalue weighted by Gasteiger charge is -2.05. The molecule has 3 N–H and O–H groups in total. The number of ether oxygens (including phenoxy) is 1. The lowest BCUT2D eigenvalue weighted by molar-refractivity contribution is -0.689. The number of anilines is 1. The van der Waals surface area contributed by atoms with Gasteiger partial charge in [0.05, 0.1) is 17.0 Å². The molecular formula is C19H21N4O3S+. The minimum absolute atomic E-state index is 0.0782. The maximum Gasteiger partial charge on any atom is 0.341 e. The van der Waals surface area contributed by atoms with Crippen LogP contribution in [0.5, 0.6) is 5.75 Å². The number of carbonyl (C=O) groups excluding carboxylic acids is 1. The number of para-hydroxylation sites is 1. The Morgan fingerprint density at radius 3 is 2.85 bits per heavy atom. The molecule has 0 atom stereocenters. The van der Waals surface area contributed by atoms with E-state index in [4.69, 9.17) is 10.5 Å². The fraction of sp³-hybridized carbons (Fsp3) is 0.263. The quantitative estimate of drug-likeness (QED) is 0.498. The van der Waals surface area contributed by atoms with Crippen molar-refractivity contribution in [3.8, 4) is 5.75 Å². The topological polar surface area (TPSA) is 102 Å². The summed E-state index contributed by atoms with van der Waals surface area (Å²) in [7, 11) is 0. The van der Waals surface area contributed by atoms with Gasteiger partial charge >= 0.3 is 5.97 Å². The predicted octanol–water partition coefficient (Wildman–Crippen LogP) is 2.18. The molecule has 0 spiro atoms. The van der Waals surface area contributed by atoms with Crippen LogP contribution in [-0.2, 0) is 17.7 Å². The van der Waals surface area contributed by atoms with E-state index in [1.54, 1.807) is 36.6 Å². The lowest BCUT2D eigenvalue weighted by atomic mass is 10.2. The van der Waals surface area contributed by atoms with E-state index in [0.717, 1.165) is 16.1 Å². The summed E-state index contributed by atoms with van der Waals surface area (Å²) in [6.45, 7) is 4.65. The molecule has 3 aromatic rings. The zero-order valence-electron chi connectivity index (χ0n) is 15.2. The van der Waals surface area contributed by atoms with E-state index in [2.05, 4.69) is 14.5 Å². The molecule has 2 aromatic heterocycles. The third-order valence-electron chi connectivity index (χ3n) is 4.20. The fourth-order valence-electron chi connectivity index (χ4n) is 2.63. The molecule has 3 rings (SSSR count). The van der Waals surface area contributed by atoms with Crippen molar-refractivity contribution in [1.29, 1.82) is 0 Å². The number of aromatic hydroxyl groups is 1. The number of nitrogen functional groups attached to an aromatic ring is 1. The molecule has 27 heavy (non-hydrogen) atoms. The van der Waals surface area contributed by atoms with Crippen LogP contribution in [-0.4, -0.2) is 27.7 Å². The molecule has 0 saturated carbocycles. The van der Waals surface area contributed by atoms with Crippen molar-refractivity contribution in [3.63, 3.8) is 0 Å². The van der Waals surface area contributed by atoms with Crippen molar-refractivity contribution < 1.29 is 19.2 Å². The molecule has 0 amide bonds. The number of rotatable bonds is 6. The van der Waals surface area contributed by atoms with Gasteiger partial charge in [0.1, 0.15) is 23.0 Å². The first-order chi connectivity index (χ1) is 13.0. The van der Waals surface area contributed by atoms with Crippen LogP contribution in [0, 0.1) is 13.8 Å². The standard InChI is InChI=1S/C19H20N4O3S/c1-12-17(7-8-26-19(25)15-5-3-4-6-16(15)24)27-11-23(12)10-14-9-21-13(2)22-18(14)20/h3-6,9,11H,7-8,10H2,1-2H3,(H2-,20,21,22,24,25)/p+1. The number of phenolic OH excluding ortho intramolecular Hbond substituents is 1. The first-order valence-electron chi connectivity index (χ1n) is 8.45. The number of aromatic nitrogens is 3. The third-order valence-corrected chi connectivity index (χ3v) is 5.35. The number of nitrogens with zero attached hydrogens (tertiary/aromatic N) is 3. The van der Waals surface area contributed by atoms with E-state index in [1.807, 2.05) is 12.4 Å². The summed E-state index contributed by atoms with van der Waals surface area (Å²) < 4.78 is 7.36. The summed E-state index contributed by atoms with van der Waals surface area (Å²) in [5, 5.41) is 9.70. The second-order valence-corrected chi connectivity index (χ2v) is 7.03. The van der Waals surface area contributed by atoms with E-state index in [-0.39, 0.29) is 17.9 Å². The summed E-state index contributed by atoms with van der Waals surface area (Å²) in [4.78, 5) is 21.5. The summed E-state index contributed by atoms with van der Waals surface area (Å²) >= 11 is 1.60. The SMILES string of the molecule is Cc1ncc(C[n+]2csc(CCOC(=O)c3ccccc3O)c2C)c(N)n1. The van der Waals surface area contributed by atoms with Crippen molar-refractivity contribution in [3.05, 3.63) is 63.5 Å². The first-order valence-corrected chi connectivity index (χ1v) is 9.33. The van der Waals surface area contributed by atoms with Crippen LogP contribution in [0.4, 0.5) is 5.82 Å². The molecule has 0 aliphatic carbocycles. The Balaban J connectivity index is 1.60. The highest BCUT2D eigenvalue weighted by Crippen LogP contribution is 2.18. The molecule has 0 unspecified atom stereocenters. The average Bonchev–Trinajstić information content (AvgIpc) is 2.98. The fourth-order valence-corrected chi connectivity index (χ4v) is 3.60. The van der Waals surface area contributed by atoms with Crippen LogP contribution in [0.3, 0.4) is 0 Å². The van der Waals surface area contributed by atoms with Crippen LogP contribution < -0.4 is 10.3 Å². The van der Waals surface area contributed by atoms with Gasteiger partial charge in [-0.15, -0.1) is 0 Å². The Hall–Kier alpha value is -3.00. The van der Waals surface area contributed by atoms with Gasteiger partial charge < -0.3 is 15.6 Å². The predicted molar refractivity (Wildman–Crippen MR) is 102 cm³/mol. The van der Waals surface area contributed by atoms with E-state index in [9.17, 15) is 9.90 Å². The van der Waals surface area contributed by atoms with Gasteiger partial charge in [-0.1, -0.05) is 23.5 Å². The molecule has 1 aromatic carbocycles. The van der Waals surface area contributed by atoms with E-state index >= 15 is 0 Å². The van der Waals surface area contributed by atoms with Gasteiger partial charge in [0.2, 0.25) is 5.51 Å². The zero-order chi connectivity index (χ0) is 19.4. The molecule has 8 heteroatoms. The Kier molecular flexibility index (Phi) is 5.66. The number of thiazole rings is 1. The number of nitrogens with two attached hydrogens (primary N) is 1. The van der Waals surface area contributed by atoms with Crippen LogP contribution in [0.25, 0.3) is 0 Å². The number of hydrogen-bond donors (Lipinski definition) is 2. The van der Waals surface area contributed by atoms with Crippen molar-refractivity contribution >= 4 is 23.1 Å². The number of carbonyl (C=O) groups is 1. The first kappa shape index (κ1) is 18.8. The molecule has 7 nitrogen and oxygen atoms in total. The van der Waals surface area contributed by atoms with Gasteiger partial charge in [0, 0.05) is 19.5 Å². The Morgan fingerprint density at radius 1 is 1.33 bits per heavy atom. The van der Waals surface area contributed by atoms with Gasteiger partial charge in [-0.3, -0.25) is 0 Å². The van der Waals surface area contributed by atoms with Gasteiger partial charge in [-0.2, -0.15) is 4.57 Å². The number of aryl methyl sites for hydroxylation is 1. The molecule has 0 fully saturated rings. The third kappa shape index (κ3) is 4.40. The normalized spacial score (nSPS) is 10.7. The maximum atomic E-state index is 12.0. The van der Waals surface area contributed by atoms with Gasteiger partial charge in [0.25, 0.3) is 0 Å². The second kappa shape index (κ2) is 8.13. The molecule has 0 aliphatic heterocycles. The van der Waals surface area contributed by atoms with Crippen molar-refractivity contribution in [2.75, 3.05) is 12.3 Å². The monoisotopic (exact) mass is 385 g/mol. The van der Waals surface area contributed by atoms with Crippen LogP contribution in [0.2, 0.25) is 0 Å².